The molecule has 0 radical (unpaired) electrons. The van der Waals surface area contributed by atoms with Gasteiger partial charge in [0.2, 0.25) is 0 Å². The summed E-state index contributed by atoms with van der Waals surface area (Å²) in [6.07, 6.45) is 7.23. The maximum absolute atomic E-state index is 12.3. The number of ether oxygens (including phenoxy) is 1. The third-order valence-corrected chi connectivity index (χ3v) is 4.33. The average Bonchev–Trinajstić information content (AvgIpc) is 2.52. The third kappa shape index (κ3) is 6.76. The van der Waals surface area contributed by atoms with Gasteiger partial charge in [-0.2, -0.15) is 0 Å². The van der Waals surface area contributed by atoms with E-state index in [-0.39, 0.29) is 17.3 Å². The van der Waals surface area contributed by atoms with E-state index in [0.717, 1.165) is 18.4 Å². The van der Waals surface area contributed by atoms with Crippen molar-refractivity contribution in [3.8, 4) is 0 Å². The number of esters is 1. The summed E-state index contributed by atoms with van der Waals surface area (Å²) >= 11 is 0. The Morgan fingerprint density at radius 2 is 1.65 bits per heavy atom. The Hall–Kier alpha value is -1.31. The first-order valence-corrected chi connectivity index (χ1v) is 9.14. The minimum Gasteiger partial charge on any atom is -0.465 e. The summed E-state index contributed by atoms with van der Waals surface area (Å²) in [5.74, 6) is -0.305. The Labute approximate surface area is 142 Å². The lowest BCUT2D eigenvalue weighted by molar-refractivity contribution is -0.145. The second-order valence-corrected chi connectivity index (χ2v) is 7.49. The molecule has 23 heavy (non-hydrogen) atoms. The molecule has 1 rings (SSSR count). The molecular formula is C21H34O2. The van der Waals surface area contributed by atoms with Gasteiger partial charge in [0.05, 0.1) is 12.5 Å². The third-order valence-electron chi connectivity index (χ3n) is 4.33. The van der Waals surface area contributed by atoms with E-state index in [2.05, 4.69) is 39.8 Å². The number of rotatable bonds is 9. The molecule has 0 aliphatic rings. The fourth-order valence-electron chi connectivity index (χ4n) is 2.86. The lowest BCUT2D eigenvalue weighted by Crippen LogP contribution is -2.20. The van der Waals surface area contributed by atoms with Crippen LogP contribution in [0.25, 0.3) is 0 Å². The molecule has 0 amide bonds. The van der Waals surface area contributed by atoms with Gasteiger partial charge < -0.3 is 4.74 Å². The molecule has 0 aliphatic heterocycles. The van der Waals surface area contributed by atoms with Crippen molar-refractivity contribution in [2.45, 2.75) is 84.5 Å². The molecular weight excluding hydrogens is 284 g/mol. The molecule has 0 bridgehead atoms. The van der Waals surface area contributed by atoms with Crippen LogP contribution in [0.3, 0.4) is 0 Å². The number of benzene rings is 1. The molecule has 0 N–H and O–H groups in total. The van der Waals surface area contributed by atoms with Crippen LogP contribution in [-0.4, -0.2) is 12.6 Å². The lowest BCUT2D eigenvalue weighted by atomic mass is 9.80. The first-order chi connectivity index (χ1) is 10.9. The summed E-state index contributed by atoms with van der Waals surface area (Å²) in [6, 6.07) is 8.21. The highest BCUT2D eigenvalue weighted by Crippen LogP contribution is 2.31. The molecule has 0 fully saturated rings. The van der Waals surface area contributed by atoms with Crippen LogP contribution in [0.15, 0.2) is 24.3 Å². The predicted octanol–water partition coefficient (Wildman–Crippen LogP) is 5.99. The lowest BCUT2D eigenvalue weighted by Gasteiger charge is -2.25. The van der Waals surface area contributed by atoms with E-state index >= 15 is 0 Å². The molecule has 1 aromatic rings. The highest BCUT2D eigenvalue weighted by molar-refractivity contribution is 5.78. The van der Waals surface area contributed by atoms with Crippen LogP contribution in [0.2, 0.25) is 0 Å². The first kappa shape index (κ1) is 19.7. The highest BCUT2D eigenvalue weighted by Gasteiger charge is 2.24. The summed E-state index contributed by atoms with van der Waals surface area (Å²) < 4.78 is 5.49. The van der Waals surface area contributed by atoms with Gasteiger partial charge in [-0.15, -0.1) is 0 Å². The van der Waals surface area contributed by atoms with Crippen LogP contribution in [0, 0.1) is 0 Å². The van der Waals surface area contributed by atoms with E-state index in [0.29, 0.717) is 6.61 Å². The van der Waals surface area contributed by atoms with Crippen molar-refractivity contribution in [3.05, 3.63) is 35.4 Å². The molecule has 0 saturated heterocycles. The zero-order chi connectivity index (χ0) is 17.3. The van der Waals surface area contributed by atoms with Gasteiger partial charge in [0.1, 0.15) is 0 Å². The normalized spacial score (nSPS) is 12.9. The van der Waals surface area contributed by atoms with Gasteiger partial charge in [0.25, 0.3) is 0 Å². The Balaban J connectivity index is 2.48. The van der Waals surface area contributed by atoms with E-state index in [1.165, 1.54) is 31.2 Å². The van der Waals surface area contributed by atoms with Crippen molar-refractivity contribution >= 4 is 5.97 Å². The van der Waals surface area contributed by atoms with Gasteiger partial charge in [0, 0.05) is 0 Å². The van der Waals surface area contributed by atoms with Crippen LogP contribution >= 0.6 is 0 Å². The molecule has 130 valence electrons. The van der Waals surface area contributed by atoms with Crippen molar-refractivity contribution in [2.75, 3.05) is 6.61 Å². The minimum atomic E-state index is -0.203. The molecule has 1 atom stereocenters. The molecule has 0 aliphatic carbocycles. The number of carbonyl (C=O) groups is 1. The average molecular weight is 319 g/mol. The van der Waals surface area contributed by atoms with Crippen molar-refractivity contribution in [1.29, 1.82) is 0 Å². The Kier molecular flexibility index (Phi) is 8.36. The van der Waals surface area contributed by atoms with E-state index < -0.39 is 0 Å². The standard InChI is InChI=1S/C21H34O2/c1-6-7-8-9-10-13-16-23-20(22)17(2)18-14-11-12-15-19(18)21(3,4)5/h11-12,14-15,17H,6-10,13,16H2,1-5H3. The second-order valence-electron chi connectivity index (χ2n) is 7.49. The zero-order valence-electron chi connectivity index (χ0n) is 15.7. The van der Waals surface area contributed by atoms with E-state index in [1.807, 2.05) is 19.1 Å². The number of carbonyl (C=O) groups excluding carboxylic acids is 1. The number of hydrogen-bond donors (Lipinski definition) is 0. The summed E-state index contributed by atoms with van der Waals surface area (Å²) in [4.78, 5) is 12.3. The minimum absolute atomic E-state index is 0.0322. The Morgan fingerprint density at radius 1 is 1.04 bits per heavy atom. The fraction of sp³-hybridized carbons (Fsp3) is 0.667. The maximum atomic E-state index is 12.3. The van der Waals surface area contributed by atoms with Gasteiger partial charge in [0.15, 0.2) is 0 Å². The number of hydrogen-bond acceptors (Lipinski definition) is 2. The topological polar surface area (TPSA) is 26.3 Å². The van der Waals surface area contributed by atoms with E-state index in [1.54, 1.807) is 0 Å². The van der Waals surface area contributed by atoms with E-state index in [4.69, 9.17) is 4.74 Å². The molecule has 0 spiro atoms. The summed E-state index contributed by atoms with van der Waals surface area (Å²) in [5, 5.41) is 0. The molecule has 1 aromatic carbocycles. The SMILES string of the molecule is CCCCCCCCOC(=O)C(C)c1ccccc1C(C)(C)C. The second kappa shape index (κ2) is 9.75. The molecule has 0 aromatic heterocycles. The molecule has 2 nitrogen and oxygen atoms in total. The molecule has 0 saturated carbocycles. The molecule has 2 heteroatoms. The van der Waals surface area contributed by atoms with Crippen molar-refractivity contribution < 1.29 is 9.53 Å². The summed E-state index contributed by atoms with van der Waals surface area (Å²) in [5.41, 5.74) is 2.35. The van der Waals surface area contributed by atoms with Gasteiger partial charge in [-0.3, -0.25) is 4.79 Å². The monoisotopic (exact) mass is 318 g/mol. The van der Waals surface area contributed by atoms with Gasteiger partial charge in [-0.25, -0.2) is 0 Å². The van der Waals surface area contributed by atoms with Crippen molar-refractivity contribution in [3.63, 3.8) is 0 Å². The maximum Gasteiger partial charge on any atom is 0.313 e. The predicted molar refractivity (Wildman–Crippen MR) is 97.9 cm³/mol. The van der Waals surface area contributed by atoms with Crippen LogP contribution in [0.5, 0.6) is 0 Å². The Bertz CT molecular complexity index is 471. The van der Waals surface area contributed by atoms with Crippen LogP contribution in [0.4, 0.5) is 0 Å². The smallest absolute Gasteiger partial charge is 0.313 e. The van der Waals surface area contributed by atoms with Crippen molar-refractivity contribution in [1.82, 2.24) is 0 Å². The van der Waals surface area contributed by atoms with Gasteiger partial charge in [-0.05, 0) is 29.9 Å². The van der Waals surface area contributed by atoms with Gasteiger partial charge >= 0.3 is 5.97 Å². The molecule has 1 unspecified atom stereocenters. The van der Waals surface area contributed by atoms with Crippen LogP contribution in [-0.2, 0) is 14.9 Å². The summed E-state index contributed by atoms with van der Waals surface area (Å²) in [7, 11) is 0. The number of unbranched alkanes of at least 4 members (excludes halogenated alkanes) is 5. The first-order valence-electron chi connectivity index (χ1n) is 9.14. The largest absolute Gasteiger partial charge is 0.465 e. The quantitative estimate of drug-likeness (QED) is 0.413. The van der Waals surface area contributed by atoms with Crippen LogP contribution in [0.1, 0.15) is 90.2 Å². The summed E-state index contributed by atoms with van der Waals surface area (Å²) in [6.45, 7) is 11.3. The fourth-order valence-corrected chi connectivity index (χ4v) is 2.86. The zero-order valence-corrected chi connectivity index (χ0v) is 15.7. The van der Waals surface area contributed by atoms with E-state index in [9.17, 15) is 4.79 Å². The van der Waals surface area contributed by atoms with Crippen molar-refractivity contribution in [2.24, 2.45) is 0 Å². The molecule has 0 heterocycles. The Morgan fingerprint density at radius 3 is 2.30 bits per heavy atom. The van der Waals surface area contributed by atoms with Crippen LogP contribution < -0.4 is 0 Å². The van der Waals surface area contributed by atoms with Gasteiger partial charge in [-0.1, -0.05) is 84.1 Å². The highest BCUT2D eigenvalue weighted by atomic mass is 16.5.